The molecule has 2 aromatic carbocycles. The fourth-order valence-corrected chi connectivity index (χ4v) is 3.12. The third kappa shape index (κ3) is 3.75. The van der Waals surface area contributed by atoms with Crippen molar-refractivity contribution >= 4 is 21.7 Å². The number of halogens is 4. The van der Waals surface area contributed by atoms with Gasteiger partial charge in [-0.25, -0.2) is 0 Å². The predicted molar refractivity (Wildman–Crippen MR) is 75.4 cm³/mol. The molecule has 4 nitrogen and oxygen atoms in total. The molecule has 0 saturated heterocycles. The van der Waals surface area contributed by atoms with E-state index in [0.717, 1.165) is 6.07 Å². The van der Waals surface area contributed by atoms with Crippen LogP contribution in [0.1, 0.15) is 11.1 Å². The van der Waals surface area contributed by atoms with E-state index in [4.69, 9.17) is 21.0 Å². The highest BCUT2D eigenvalue weighted by atomic mass is 35.5. The van der Waals surface area contributed by atoms with Crippen LogP contribution in [0.5, 0.6) is 5.75 Å². The number of nitriles is 1. The second-order valence-corrected chi connectivity index (χ2v) is 6.21. The molecule has 0 unspecified atom stereocenters. The molecule has 0 amide bonds. The molecule has 2 rings (SSSR count). The zero-order chi connectivity index (χ0) is 17.3. The summed E-state index contributed by atoms with van der Waals surface area (Å²) in [6, 6.07) is 8.98. The molecule has 0 atom stereocenters. The molecule has 0 N–H and O–H groups in total. The quantitative estimate of drug-likeness (QED) is 0.775. The van der Waals surface area contributed by atoms with Gasteiger partial charge in [-0.1, -0.05) is 23.7 Å². The van der Waals surface area contributed by atoms with Crippen LogP contribution in [0.25, 0.3) is 0 Å². The van der Waals surface area contributed by atoms with E-state index in [-0.39, 0.29) is 11.3 Å². The van der Waals surface area contributed by atoms with E-state index >= 15 is 0 Å². The maximum absolute atomic E-state index is 12.7. The van der Waals surface area contributed by atoms with Gasteiger partial charge in [-0.2, -0.15) is 26.9 Å². The minimum Gasteiger partial charge on any atom is -0.378 e. The molecule has 9 heteroatoms. The van der Waals surface area contributed by atoms with Gasteiger partial charge in [0, 0.05) is 0 Å². The van der Waals surface area contributed by atoms with E-state index in [1.165, 1.54) is 24.3 Å². The zero-order valence-corrected chi connectivity index (χ0v) is 12.7. The van der Waals surface area contributed by atoms with Crippen LogP contribution >= 0.6 is 11.6 Å². The summed E-state index contributed by atoms with van der Waals surface area (Å²) in [6.45, 7) is 0. The number of nitrogens with zero attached hydrogens (tertiary/aromatic N) is 1. The van der Waals surface area contributed by atoms with Crippen LogP contribution < -0.4 is 4.18 Å². The van der Waals surface area contributed by atoms with E-state index in [1.807, 2.05) is 0 Å². The molecule has 2 aromatic rings. The van der Waals surface area contributed by atoms with Crippen molar-refractivity contribution in [1.29, 1.82) is 5.26 Å². The monoisotopic (exact) mass is 361 g/mol. The predicted octanol–water partition coefficient (Wildman–Crippen LogP) is 4.00. The summed E-state index contributed by atoms with van der Waals surface area (Å²) < 4.78 is 67.3. The van der Waals surface area contributed by atoms with Gasteiger partial charge in [-0.3, -0.25) is 0 Å². The average Bonchev–Trinajstić information content (AvgIpc) is 2.46. The molecular weight excluding hydrogens is 355 g/mol. The summed E-state index contributed by atoms with van der Waals surface area (Å²) in [5.41, 5.74) is -1.27. The van der Waals surface area contributed by atoms with Crippen molar-refractivity contribution in [2.75, 3.05) is 0 Å². The first kappa shape index (κ1) is 17.1. The fraction of sp³-hybridized carbons (Fsp3) is 0.0714. The van der Waals surface area contributed by atoms with E-state index in [1.54, 1.807) is 6.07 Å². The van der Waals surface area contributed by atoms with Gasteiger partial charge in [0.1, 0.15) is 11.0 Å². The molecule has 0 fully saturated rings. The Labute approximate surface area is 134 Å². The third-order valence-electron chi connectivity index (χ3n) is 2.73. The molecule has 0 radical (unpaired) electrons. The third-order valence-corrected chi connectivity index (χ3v) is 4.45. The highest BCUT2D eigenvalue weighted by molar-refractivity contribution is 7.87. The van der Waals surface area contributed by atoms with Crippen molar-refractivity contribution in [1.82, 2.24) is 0 Å². The standard InChI is InChI=1S/C14H7ClF3NO3S/c15-11-6-5-10(14(16,17)18)7-13(11)23(20,21)22-12-4-2-1-3-9(12)8-19/h1-7H. The number of alkyl halides is 3. The van der Waals surface area contributed by atoms with Gasteiger partial charge < -0.3 is 4.18 Å². The summed E-state index contributed by atoms with van der Waals surface area (Å²) in [5.74, 6) is -0.302. The first-order chi connectivity index (χ1) is 10.6. The maximum atomic E-state index is 12.7. The van der Waals surface area contributed by atoms with Crippen LogP contribution in [0.15, 0.2) is 47.4 Å². The summed E-state index contributed by atoms with van der Waals surface area (Å²) in [6.07, 6.45) is -4.74. The SMILES string of the molecule is N#Cc1ccccc1OS(=O)(=O)c1cc(C(F)(F)F)ccc1Cl. The Hall–Kier alpha value is -2.24. The number of rotatable bonds is 3. The molecule has 120 valence electrons. The molecule has 0 bridgehead atoms. The minimum atomic E-state index is -4.74. The Morgan fingerprint density at radius 3 is 2.39 bits per heavy atom. The number of benzene rings is 2. The molecule has 0 aromatic heterocycles. The summed E-state index contributed by atoms with van der Waals surface area (Å²) in [7, 11) is -4.64. The van der Waals surface area contributed by atoms with Gasteiger partial charge >= 0.3 is 16.3 Å². The van der Waals surface area contributed by atoms with Crippen molar-refractivity contribution in [3.63, 3.8) is 0 Å². The lowest BCUT2D eigenvalue weighted by molar-refractivity contribution is -0.137. The Morgan fingerprint density at radius 2 is 1.78 bits per heavy atom. The van der Waals surface area contributed by atoms with Gasteiger partial charge in [0.25, 0.3) is 0 Å². The smallest absolute Gasteiger partial charge is 0.378 e. The van der Waals surface area contributed by atoms with Crippen molar-refractivity contribution < 1.29 is 25.8 Å². The molecule has 0 heterocycles. The second kappa shape index (κ2) is 6.10. The lowest BCUT2D eigenvalue weighted by Crippen LogP contribution is -2.13. The van der Waals surface area contributed by atoms with Crippen LogP contribution in [0, 0.1) is 11.3 Å². The number of hydrogen-bond acceptors (Lipinski definition) is 4. The van der Waals surface area contributed by atoms with Gasteiger partial charge in [-0.15, -0.1) is 0 Å². The fourth-order valence-electron chi connectivity index (χ4n) is 1.67. The van der Waals surface area contributed by atoms with Crippen LogP contribution in [0.3, 0.4) is 0 Å². The first-order valence-corrected chi connectivity index (χ1v) is 7.74. The topological polar surface area (TPSA) is 67.2 Å². The molecule has 0 aliphatic carbocycles. The van der Waals surface area contributed by atoms with Crippen LogP contribution in [0.2, 0.25) is 5.02 Å². The molecule has 0 spiro atoms. The van der Waals surface area contributed by atoms with Gasteiger partial charge in [-0.05, 0) is 30.3 Å². The van der Waals surface area contributed by atoms with Crippen molar-refractivity contribution in [3.8, 4) is 11.8 Å². The lowest BCUT2D eigenvalue weighted by atomic mass is 10.2. The van der Waals surface area contributed by atoms with E-state index in [2.05, 4.69) is 0 Å². The number of para-hydroxylation sites is 1. The minimum absolute atomic E-state index is 0.0841. The Morgan fingerprint density at radius 1 is 1.13 bits per heavy atom. The van der Waals surface area contributed by atoms with Crippen LogP contribution in [0.4, 0.5) is 13.2 Å². The lowest BCUT2D eigenvalue weighted by Gasteiger charge is -2.12. The molecule has 0 aliphatic heterocycles. The summed E-state index contributed by atoms with van der Waals surface area (Å²) >= 11 is 5.68. The second-order valence-electron chi connectivity index (χ2n) is 4.29. The molecule has 0 saturated carbocycles. The highest BCUT2D eigenvalue weighted by Gasteiger charge is 2.33. The number of hydrogen-bond donors (Lipinski definition) is 0. The Kier molecular flexibility index (Phi) is 4.54. The van der Waals surface area contributed by atoms with Crippen molar-refractivity contribution in [2.45, 2.75) is 11.1 Å². The summed E-state index contributed by atoms with van der Waals surface area (Å²) in [5, 5.41) is 8.47. The highest BCUT2D eigenvalue weighted by Crippen LogP contribution is 2.34. The molecule has 23 heavy (non-hydrogen) atoms. The normalized spacial score (nSPS) is 11.8. The van der Waals surface area contributed by atoms with Gasteiger partial charge in [0.2, 0.25) is 0 Å². The maximum Gasteiger partial charge on any atom is 0.416 e. The zero-order valence-electron chi connectivity index (χ0n) is 11.1. The first-order valence-electron chi connectivity index (χ1n) is 5.95. The average molecular weight is 362 g/mol. The van der Waals surface area contributed by atoms with Gasteiger partial charge in [0.05, 0.1) is 16.1 Å². The van der Waals surface area contributed by atoms with Gasteiger partial charge in [0.15, 0.2) is 5.75 Å². The molecular formula is C14H7ClF3NO3S. The van der Waals surface area contributed by atoms with Crippen molar-refractivity contribution in [2.24, 2.45) is 0 Å². The molecule has 0 aliphatic rings. The Balaban J connectivity index is 2.50. The van der Waals surface area contributed by atoms with Crippen molar-refractivity contribution in [3.05, 3.63) is 58.6 Å². The van der Waals surface area contributed by atoms with E-state index < -0.39 is 31.8 Å². The van der Waals surface area contributed by atoms with Crippen LogP contribution in [-0.2, 0) is 16.3 Å². The summed E-state index contributed by atoms with van der Waals surface area (Å²) in [4.78, 5) is -0.832. The van der Waals surface area contributed by atoms with E-state index in [0.29, 0.717) is 12.1 Å². The Bertz CT molecular complexity index is 889. The van der Waals surface area contributed by atoms with Crippen LogP contribution in [-0.4, -0.2) is 8.42 Å². The van der Waals surface area contributed by atoms with E-state index in [9.17, 15) is 21.6 Å². The largest absolute Gasteiger partial charge is 0.416 e.